The van der Waals surface area contributed by atoms with Crippen LogP contribution < -0.4 is 0 Å². The molecule has 6 heteroatoms. The van der Waals surface area contributed by atoms with Crippen LogP contribution in [0.4, 0.5) is 4.39 Å². The first kappa shape index (κ1) is 11.0. The highest BCUT2D eigenvalue weighted by molar-refractivity contribution is 6.31. The zero-order valence-corrected chi connectivity index (χ0v) is 8.91. The number of hydrogen-bond acceptors (Lipinski definition) is 4. The van der Waals surface area contributed by atoms with Crippen LogP contribution in [0.2, 0.25) is 5.02 Å². The number of aliphatic hydroxyl groups excluding tert-OH is 1. The van der Waals surface area contributed by atoms with Gasteiger partial charge in [0.05, 0.1) is 0 Å². The number of benzene rings is 1. The molecule has 1 heterocycles. The van der Waals surface area contributed by atoms with Gasteiger partial charge in [-0.2, -0.15) is 4.98 Å². The van der Waals surface area contributed by atoms with Gasteiger partial charge in [-0.15, -0.1) is 0 Å². The van der Waals surface area contributed by atoms with Crippen molar-refractivity contribution in [2.24, 2.45) is 0 Å². The Hall–Kier alpha value is -1.46. The molecule has 1 aromatic heterocycles. The van der Waals surface area contributed by atoms with Gasteiger partial charge in [-0.1, -0.05) is 22.8 Å². The minimum absolute atomic E-state index is 0.147. The van der Waals surface area contributed by atoms with Gasteiger partial charge in [0.15, 0.2) is 5.82 Å². The Labute approximate surface area is 95.7 Å². The molecule has 0 radical (unpaired) electrons. The summed E-state index contributed by atoms with van der Waals surface area (Å²) >= 11 is 5.84. The van der Waals surface area contributed by atoms with E-state index in [0.29, 0.717) is 22.8 Å². The van der Waals surface area contributed by atoms with Gasteiger partial charge in [0.25, 0.3) is 5.89 Å². The third-order valence-corrected chi connectivity index (χ3v) is 2.36. The van der Waals surface area contributed by atoms with Gasteiger partial charge in [-0.25, -0.2) is 4.39 Å². The molecule has 0 atom stereocenters. The van der Waals surface area contributed by atoms with Gasteiger partial charge in [-0.05, 0) is 17.7 Å². The lowest BCUT2D eigenvalue weighted by atomic mass is 10.1. The molecule has 2 rings (SSSR count). The lowest BCUT2D eigenvalue weighted by Crippen LogP contribution is -1.93. The molecule has 2 aromatic rings. The maximum Gasteiger partial charge on any atom is 0.252 e. The number of hydrogen-bond donors (Lipinski definition) is 1. The first-order valence-electron chi connectivity index (χ1n) is 4.55. The summed E-state index contributed by atoms with van der Waals surface area (Å²) < 4.78 is 17.5. The van der Waals surface area contributed by atoms with Crippen molar-refractivity contribution in [3.8, 4) is 0 Å². The highest BCUT2D eigenvalue weighted by Crippen LogP contribution is 2.19. The number of nitrogens with zero attached hydrogens (tertiary/aromatic N) is 2. The van der Waals surface area contributed by atoms with Gasteiger partial charge in [0.1, 0.15) is 12.4 Å². The van der Waals surface area contributed by atoms with Crippen LogP contribution in [-0.4, -0.2) is 15.2 Å². The first-order chi connectivity index (χ1) is 7.69. The normalized spacial score (nSPS) is 10.7. The molecule has 4 nitrogen and oxygen atoms in total. The van der Waals surface area contributed by atoms with Gasteiger partial charge >= 0.3 is 0 Å². The zero-order valence-electron chi connectivity index (χ0n) is 8.15. The molecule has 0 aliphatic heterocycles. The number of aliphatic hydroxyl groups is 1. The molecule has 0 bridgehead atoms. The number of halogens is 2. The van der Waals surface area contributed by atoms with Crippen LogP contribution in [0.25, 0.3) is 0 Å². The fourth-order valence-corrected chi connectivity index (χ4v) is 1.50. The molecule has 0 spiro atoms. The molecule has 0 aliphatic carbocycles. The molecular formula is C10H8ClFN2O2. The van der Waals surface area contributed by atoms with Crippen LogP contribution >= 0.6 is 11.6 Å². The Balaban J connectivity index is 2.20. The van der Waals surface area contributed by atoms with E-state index in [1.165, 1.54) is 12.1 Å². The van der Waals surface area contributed by atoms with E-state index < -0.39 is 5.82 Å². The lowest BCUT2D eigenvalue weighted by molar-refractivity contribution is 0.222. The van der Waals surface area contributed by atoms with E-state index >= 15 is 0 Å². The summed E-state index contributed by atoms with van der Waals surface area (Å²) in [6.07, 6.45) is 0.336. The minimum Gasteiger partial charge on any atom is -0.387 e. The quantitative estimate of drug-likeness (QED) is 0.894. The molecule has 1 aromatic carbocycles. The van der Waals surface area contributed by atoms with E-state index in [1.807, 2.05) is 0 Å². The van der Waals surface area contributed by atoms with Crippen molar-refractivity contribution in [2.45, 2.75) is 13.0 Å². The highest BCUT2D eigenvalue weighted by Gasteiger charge is 2.09. The molecule has 0 amide bonds. The lowest BCUT2D eigenvalue weighted by Gasteiger charge is -2.00. The molecular weight excluding hydrogens is 235 g/mol. The topological polar surface area (TPSA) is 59.2 Å². The van der Waals surface area contributed by atoms with Gasteiger partial charge in [-0.3, -0.25) is 0 Å². The van der Waals surface area contributed by atoms with E-state index in [-0.39, 0.29) is 12.5 Å². The molecule has 0 aliphatic rings. The largest absolute Gasteiger partial charge is 0.387 e. The molecule has 0 fully saturated rings. The summed E-state index contributed by atoms with van der Waals surface area (Å²) in [4.78, 5) is 3.91. The predicted octanol–water partition coefficient (Wildman–Crippen LogP) is 1.95. The van der Waals surface area contributed by atoms with Crippen LogP contribution in [0.5, 0.6) is 0 Å². The SMILES string of the molecule is OCc1nc(Cc2ccc(F)cc2Cl)no1. The van der Waals surface area contributed by atoms with Crippen LogP contribution in [0.1, 0.15) is 17.3 Å². The fourth-order valence-electron chi connectivity index (χ4n) is 1.26. The van der Waals surface area contributed by atoms with E-state index in [0.717, 1.165) is 0 Å². The Morgan fingerprint density at radius 3 is 2.88 bits per heavy atom. The van der Waals surface area contributed by atoms with Crippen molar-refractivity contribution < 1.29 is 14.0 Å². The standard InChI is InChI=1S/C10H8ClFN2O2/c11-8-4-7(12)2-1-6(8)3-9-13-10(5-15)16-14-9/h1-2,4,15H,3,5H2. The van der Waals surface area contributed by atoms with Gasteiger partial charge in [0, 0.05) is 11.4 Å². The molecule has 0 unspecified atom stereocenters. The van der Waals surface area contributed by atoms with Gasteiger partial charge < -0.3 is 9.63 Å². The second-order valence-electron chi connectivity index (χ2n) is 3.17. The van der Waals surface area contributed by atoms with Crippen molar-refractivity contribution in [2.75, 3.05) is 0 Å². The van der Waals surface area contributed by atoms with Crippen molar-refractivity contribution in [3.63, 3.8) is 0 Å². The first-order valence-corrected chi connectivity index (χ1v) is 4.93. The van der Waals surface area contributed by atoms with E-state index in [1.54, 1.807) is 6.07 Å². The molecule has 0 saturated carbocycles. The predicted molar refractivity (Wildman–Crippen MR) is 54.4 cm³/mol. The van der Waals surface area contributed by atoms with Crippen LogP contribution in [0, 0.1) is 5.82 Å². The molecule has 84 valence electrons. The Morgan fingerprint density at radius 1 is 1.44 bits per heavy atom. The summed E-state index contributed by atoms with van der Waals surface area (Å²) in [6.45, 7) is -0.301. The smallest absolute Gasteiger partial charge is 0.252 e. The van der Waals surface area contributed by atoms with E-state index in [2.05, 4.69) is 10.1 Å². The van der Waals surface area contributed by atoms with Crippen molar-refractivity contribution in [1.29, 1.82) is 0 Å². The Morgan fingerprint density at radius 2 is 2.25 bits per heavy atom. The summed E-state index contributed by atoms with van der Waals surface area (Å²) in [7, 11) is 0. The molecule has 1 N–H and O–H groups in total. The maximum absolute atomic E-state index is 12.8. The van der Waals surface area contributed by atoms with Gasteiger partial charge in [0.2, 0.25) is 0 Å². The second-order valence-corrected chi connectivity index (χ2v) is 3.58. The van der Waals surface area contributed by atoms with E-state index in [4.69, 9.17) is 21.2 Å². The number of aromatic nitrogens is 2. The minimum atomic E-state index is -0.391. The highest BCUT2D eigenvalue weighted by atomic mass is 35.5. The van der Waals surface area contributed by atoms with Crippen molar-refractivity contribution >= 4 is 11.6 Å². The third-order valence-electron chi connectivity index (χ3n) is 2.01. The Bertz CT molecular complexity index is 501. The molecule has 16 heavy (non-hydrogen) atoms. The summed E-state index contributed by atoms with van der Waals surface area (Å²) in [5.41, 5.74) is 0.702. The third kappa shape index (κ3) is 2.37. The van der Waals surface area contributed by atoms with Crippen LogP contribution in [0.3, 0.4) is 0 Å². The Kier molecular flexibility index (Phi) is 3.17. The average molecular weight is 243 g/mol. The second kappa shape index (κ2) is 4.59. The molecule has 0 saturated heterocycles. The zero-order chi connectivity index (χ0) is 11.5. The van der Waals surface area contributed by atoms with Crippen LogP contribution in [0.15, 0.2) is 22.7 Å². The van der Waals surface area contributed by atoms with Crippen LogP contribution in [-0.2, 0) is 13.0 Å². The summed E-state index contributed by atoms with van der Waals surface area (Å²) in [5, 5.41) is 12.7. The van der Waals surface area contributed by atoms with Crippen molar-refractivity contribution in [3.05, 3.63) is 46.3 Å². The average Bonchev–Trinajstić information content (AvgIpc) is 2.70. The summed E-state index contributed by atoms with van der Waals surface area (Å²) in [6, 6.07) is 4.10. The summed E-state index contributed by atoms with van der Waals surface area (Å²) in [5.74, 6) is 0.156. The monoisotopic (exact) mass is 242 g/mol. The maximum atomic E-state index is 12.8. The fraction of sp³-hybridized carbons (Fsp3) is 0.200. The van der Waals surface area contributed by atoms with E-state index in [9.17, 15) is 4.39 Å². The number of rotatable bonds is 3. The van der Waals surface area contributed by atoms with Crippen molar-refractivity contribution in [1.82, 2.24) is 10.1 Å².